The summed E-state index contributed by atoms with van der Waals surface area (Å²) in [5.74, 6) is 0. The van der Waals surface area contributed by atoms with E-state index in [1.165, 1.54) is 71.4 Å². The molecule has 0 bridgehead atoms. The van der Waals surface area contributed by atoms with Crippen LogP contribution in [0, 0.1) is 19.7 Å². The molecule has 11 rings (SSSR count). The van der Waals surface area contributed by atoms with Crippen molar-refractivity contribution in [3.8, 4) is 0 Å². The first-order valence-corrected chi connectivity index (χ1v) is 26.4. The number of nitrogens with one attached hydrogen (secondary N) is 1. The van der Waals surface area contributed by atoms with Crippen LogP contribution in [0.2, 0.25) is 0 Å². The van der Waals surface area contributed by atoms with Gasteiger partial charge in [-0.25, -0.2) is 23.0 Å². The number of para-hydroxylation sites is 1. The van der Waals surface area contributed by atoms with E-state index in [0.717, 1.165) is 71.0 Å². The Kier molecular flexibility index (Phi) is 13.7. The number of nitrogens with zero attached hydrogens (tertiary/aromatic N) is 6. The average Bonchev–Trinajstić information content (AvgIpc) is 4.22. The number of carbonyl (C=O) groups is 2. The van der Waals surface area contributed by atoms with Gasteiger partial charge in [0.25, 0.3) is 0 Å². The molecule has 0 unspecified atom stereocenters. The van der Waals surface area contributed by atoms with Gasteiger partial charge in [-0.15, -0.1) is 79.4 Å². The molecule has 0 fully saturated rings. The van der Waals surface area contributed by atoms with Gasteiger partial charge < -0.3 is 24.8 Å². The lowest BCUT2D eigenvalue weighted by molar-refractivity contribution is 0.111. The van der Waals surface area contributed by atoms with E-state index in [9.17, 15) is 9.59 Å². The Morgan fingerprint density at radius 3 is 1.52 bits per heavy atom. The zero-order valence-electron chi connectivity index (χ0n) is 36.2. The van der Waals surface area contributed by atoms with Crippen LogP contribution < -0.4 is 15.1 Å². The van der Waals surface area contributed by atoms with Gasteiger partial charge in [0, 0.05) is 54.2 Å². The monoisotopic (exact) mass is 1000 g/mol. The van der Waals surface area contributed by atoms with Gasteiger partial charge in [-0.2, -0.15) is 0 Å². The predicted octanol–water partition coefficient (Wildman–Crippen LogP) is 15.8. The molecule has 16 heteroatoms. The summed E-state index contributed by atoms with van der Waals surface area (Å²) < 4.78 is 8.37. The Morgan fingerprint density at radius 1 is 0.567 bits per heavy atom. The Morgan fingerprint density at radius 2 is 1.03 bits per heavy atom. The molecule has 0 aliphatic carbocycles. The third-order valence-corrected chi connectivity index (χ3v) is 18.4. The van der Waals surface area contributed by atoms with Crippen LogP contribution in [0.4, 0.5) is 15.0 Å². The van der Waals surface area contributed by atoms with Gasteiger partial charge in [0.1, 0.15) is 5.01 Å². The van der Waals surface area contributed by atoms with Crippen LogP contribution in [-0.2, 0) is 0 Å². The number of aldehydes is 2. The predicted molar refractivity (Wildman–Crippen MR) is 296 cm³/mol. The summed E-state index contributed by atoms with van der Waals surface area (Å²) in [5.41, 5.74) is 1.52. The molecule has 0 spiro atoms. The first-order chi connectivity index (χ1) is 32.6. The van der Waals surface area contributed by atoms with Crippen LogP contribution in [0.25, 0.3) is 97.0 Å². The minimum Gasteiger partial charge on any atom is -0.380 e. The lowest BCUT2D eigenvalue weighted by Crippen LogP contribution is -2.18. The standard InChI is InChI=1S/C24H16N4S3.C15H12N2OS2.C12H9NOS2/c1-25-8-9-28(3)23-12-16-10-15-11-17(29-21(15)14-22(16)30-23)13-19(26-2)24-27-18-6-4-5-7-20(18)31-24;1-16-3-4-17(2)15-7-11-5-10-6-12(9-18)19-13(10)8-14(11)20-15;1-13-12-4-8-2-7-3-9(6-14)15-10(7)5-11(8)16-12/h4-7,10-14H,8-9H2,3H3;5-9H,3-4H2,2H3;2-6,13H,1H3/b19-13-;;. The highest BCUT2D eigenvalue weighted by Crippen LogP contribution is 2.40. The molecule has 67 heavy (non-hydrogen) atoms. The van der Waals surface area contributed by atoms with Crippen molar-refractivity contribution < 1.29 is 9.59 Å². The maximum atomic E-state index is 10.8. The molecule has 0 amide bonds. The summed E-state index contributed by atoms with van der Waals surface area (Å²) in [6, 6.07) is 33.6. The third-order valence-electron chi connectivity index (χ3n) is 10.7. The van der Waals surface area contributed by atoms with Gasteiger partial charge >= 0.3 is 0 Å². The average molecular weight is 1000 g/mol. The highest BCUT2D eigenvalue weighted by molar-refractivity contribution is 7.25. The largest absolute Gasteiger partial charge is 0.380 e. The summed E-state index contributed by atoms with van der Waals surface area (Å²) in [7, 11) is 5.98. The second-order valence-electron chi connectivity index (χ2n) is 15.2. The minimum absolute atomic E-state index is 0.508. The lowest BCUT2D eigenvalue weighted by Gasteiger charge is -2.12. The first kappa shape index (κ1) is 45.6. The molecule has 4 aromatic carbocycles. The van der Waals surface area contributed by atoms with Crippen LogP contribution in [0.1, 0.15) is 29.2 Å². The highest BCUT2D eigenvalue weighted by atomic mass is 32.1. The van der Waals surface area contributed by atoms with Crippen molar-refractivity contribution in [2.24, 2.45) is 0 Å². The molecular weight excluding hydrogens is 967 g/mol. The molecule has 7 aromatic heterocycles. The second-order valence-corrected chi connectivity index (χ2v) is 22.8. The molecule has 0 radical (unpaired) electrons. The minimum atomic E-state index is 0.508. The summed E-state index contributed by atoms with van der Waals surface area (Å²) in [6.07, 6.45) is 3.77. The van der Waals surface area contributed by atoms with Gasteiger partial charge in [0.2, 0.25) is 18.8 Å². The fraction of sp³-hybridized carbons (Fsp3) is 0.137. The molecule has 0 aliphatic rings. The van der Waals surface area contributed by atoms with Gasteiger partial charge in [-0.3, -0.25) is 9.59 Å². The van der Waals surface area contributed by atoms with Crippen molar-refractivity contribution in [2.75, 3.05) is 62.4 Å². The van der Waals surface area contributed by atoms with E-state index in [1.807, 2.05) is 63.6 Å². The van der Waals surface area contributed by atoms with Crippen molar-refractivity contribution in [1.82, 2.24) is 4.98 Å². The number of rotatable bonds is 11. The summed E-state index contributed by atoms with van der Waals surface area (Å²) in [5, 5.41) is 14.6. The van der Waals surface area contributed by atoms with Crippen molar-refractivity contribution >= 4 is 189 Å². The first-order valence-electron chi connectivity index (χ1n) is 20.7. The molecule has 7 heterocycles. The number of benzene rings is 4. The van der Waals surface area contributed by atoms with E-state index in [1.54, 1.807) is 68.0 Å². The zero-order chi connectivity index (χ0) is 46.6. The Labute approximate surface area is 414 Å². The van der Waals surface area contributed by atoms with Gasteiger partial charge in [0.05, 0.1) is 54.6 Å². The number of thiophene rings is 6. The van der Waals surface area contributed by atoms with Crippen molar-refractivity contribution in [1.29, 1.82) is 0 Å². The molecule has 0 atom stereocenters. The van der Waals surface area contributed by atoms with Crippen molar-refractivity contribution in [3.63, 3.8) is 0 Å². The summed E-state index contributed by atoms with van der Waals surface area (Å²) in [6.45, 7) is 24.0. The number of likely N-dealkylation sites (N-methyl/N-ethyl adjacent to an activating group) is 2. The molecule has 1 N–H and O–H groups in total. The van der Waals surface area contributed by atoms with Gasteiger partial charge in [-0.05, 0) is 123 Å². The maximum Gasteiger partial charge on any atom is 0.231 e. The van der Waals surface area contributed by atoms with Crippen LogP contribution in [0.3, 0.4) is 0 Å². The molecule has 0 saturated carbocycles. The molecule has 11 aromatic rings. The molecule has 0 aliphatic heterocycles. The molecule has 9 nitrogen and oxygen atoms in total. The third kappa shape index (κ3) is 9.96. The number of fused-ring (bicyclic) bond motifs is 7. The van der Waals surface area contributed by atoms with E-state index in [4.69, 9.17) is 19.7 Å². The summed E-state index contributed by atoms with van der Waals surface area (Å²) in [4.78, 5) is 43.7. The zero-order valence-corrected chi connectivity index (χ0v) is 41.9. The van der Waals surface area contributed by atoms with Crippen molar-refractivity contribution in [3.05, 3.63) is 151 Å². The smallest absolute Gasteiger partial charge is 0.231 e. The number of carbonyl (C=O) groups excluding carboxylic acids is 2. The number of anilines is 3. The normalized spacial score (nSPS) is 11.3. The molecule has 330 valence electrons. The number of hydrogen-bond donors (Lipinski definition) is 1. The SMILES string of the molecule is CNc1cc2cc3cc(C=O)sc3cc2s1.[C-]#[N+]CCN(C)c1cc2cc3cc(/C=C(\[N+]#[C-])c4nc5ccccc5s4)sc3cc2s1.[C-]#[N+]CCN(C)c1cc2cc3cc(C=O)sc3cc2s1. The van der Waals surface area contributed by atoms with Crippen molar-refractivity contribution in [2.45, 2.75) is 0 Å². The van der Waals surface area contributed by atoms with Crippen LogP contribution in [0.15, 0.2) is 97.1 Å². The fourth-order valence-corrected chi connectivity index (χ4v) is 14.4. The van der Waals surface area contributed by atoms with E-state index < -0.39 is 0 Å². The van der Waals surface area contributed by atoms with E-state index >= 15 is 0 Å². The maximum absolute atomic E-state index is 10.8. The van der Waals surface area contributed by atoms with Crippen LogP contribution in [0.5, 0.6) is 0 Å². The Hall–Kier alpha value is -6.52. The Bertz CT molecular complexity index is 3620. The van der Waals surface area contributed by atoms with E-state index in [-0.39, 0.29) is 0 Å². The molecular formula is C51H37N7O2S7. The summed E-state index contributed by atoms with van der Waals surface area (Å²) >= 11 is 11.6. The van der Waals surface area contributed by atoms with Gasteiger partial charge in [-0.1, -0.05) is 12.1 Å². The van der Waals surface area contributed by atoms with Gasteiger partial charge in [0.15, 0.2) is 12.6 Å². The fourth-order valence-electron chi connectivity index (χ4n) is 7.33. The van der Waals surface area contributed by atoms with E-state index in [0.29, 0.717) is 18.8 Å². The molecule has 0 saturated heterocycles. The van der Waals surface area contributed by atoms with Crippen LogP contribution in [-0.4, -0.2) is 64.9 Å². The quantitative estimate of drug-likeness (QED) is 0.103. The second kappa shape index (κ2) is 20.1. The van der Waals surface area contributed by atoms with Crippen LogP contribution >= 0.6 is 79.4 Å². The lowest BCUT2D eigenvalue weighted by atomic mass is 10.2. The number of thiazole rings is 1. The van der Waals surface area contributed by atoms with E-state index in [2.05, 4.69) is 95.3 Å². The Balaban J connectivity index is 0.000000134. The number of aromatic nitrogens is 1. The highest BCUT2D eigenvalue weighted by Gasteiger charge is 2.14. The number of hydrogen-bond acceptors (Lipinski definition) is 13. The topological polar surface area (TPSA) is 78.6 Å².